The van der Waals surface area contributed by atoms with E-state index < -0.39 is 23.5 Å². The average molecular weight is 286 g/mol. The minimum Gasteiger partial charge on any atom is -0.508 e. The van der Waals surface area contributed by atoms with E-state index in [0.29, 0.717) is 10.7 Å². The van der Waals surface area contributed by atoms with Gasteiger partial charge >= 0.3 is 12.1 Å². The van der Waals surface area contributed by atoms with E-state index in [-0.39, 0.29) is 11.4 Å². The molecular weight excluding hydrogens is 277 g/mol. The third-order valence-electron chi connectivity index (χ3n) is 2.49. The van der Waals surface area contributed by atoms with Crippen molar-refractivity contribution in [1.82, 2.24) is 9.78 Å². The highest BCUT2D eigenvalue weighted by Gasteiger charge is 2.37. The molecule has 0 radical (unpaired) electrons. The molecule has 8 heteroatoms. The first-order valence-corrected chi connectivity index (χ1v) is 5.38. The van der Waals surface area contributed by atoms with Gasteiger partial charge in [-0.15, -0.1) is 0 Å². The molecule has 106 valence electrons. The van der Waals surface area contributed by atoms with Crippen molar-refractivity contribution in [3.63, 3.8) is 0 Å². The quantitative estimate of drug-likeness (QED) is 0.861. The van der Waals surface area contributed by atoms with E-state index in [1.165, 1.54) is 24.3 Å². The van der Waals surface area contributed by atoms with Gasteiger partial charge in [-0.2, -0.15) is 18.3 Å². The summed E-state index contributed by atoms with van der Waals surface area (Å²) in [7, 11) is 1.05. The van der Waals surface area contributed by atoms with Crippen LogP contribution in [0.2, 0.25) is 0 Å². The van der Waals surface area contributed by atoms with Crippen LogP contribution in [0.25, 0.3) is 5.69 Å². The molecule has 1 N–H and O–H groups in total. The van der Waals surface area contributed by atoms with Gasteiger partial charge in [0.05, 0.1) is 12.8 Å². The van der Waals surface area contributed by atoms with Gasteiger partial charge in [-0.1, -0.05) is 0 Å². The minimum atomic E-state index is -4.68. The first kappa shape index (κ1) is 13.9. The van der Waals surface area contributed by atoms with Crippen LogP contribution < -0.4 is 0 Å². The Labute approximate surface area is 111 Å². The van der Waals surface area contributed by atoms with E-state index in [4.69, 9.17) is 5.11 Å². The topological polar surface area (TPSA) is 64.3 Å². The van der Waals surface area contributed by atoms with Crippen molar-refractivity contribution in [2.45, 2.75) is 6.18 Å². The standard InChI is InChI=1S/C12H9F3N2O3/c1-20-11(19)9-6-10(12(13,14)15)17(16-9)7-2-4-8(18)5-3-7/h2-6,18H,1H3. The molecule has 2 rings (SSSR count). The van der Waals surface area contributed by atoms with Crippen LogP contribution in [-0.4, -0.2) is 28.0 Å². The van der Waals surface area contributed by atoms with Crippen LogP contribution >= 0.6 is 0 Å². The fourth-order valence-electron chi connectivity index (χ4n) is 1.58. The van der Waals surface area contributed by atoms with Crippen molar-refractivity contribution in [3.05, 3.63) is 41.7 Å². The largest absolute Gasteiger partial charge is 0.508 e. The number of aromatic nitrogens is 2. The lowest BCUT2D eigenvalue weighted by molar-refractivity contribution is -0.142. The Kier molecular flexibility index (Phi) is 3.39. The third-order valence-corrected chi connectivity index (χ3v) is 2.49. The molecular formula is C12H9F3N2O3. The minimum absolute atomic E-state index is 0.0604. The lowest BCUT2D eigenvalue weighted by Gasteiger charge is -2.09. The SMILES string of the molecule is COC(=O)c1cc(C(F)(F)F)n(-c2ccc(O)cc2)n1. The predicted octanol–water partition coefficient (Wildman–Crippen LogP) is 2.38. The summed E-state index contributed by atoms with van der Waals surface area (Å²) in [5, 5.41) is 12.7. The number of halogens is 3. The van der Waals surface area contributed by atoms with E-state index in [2.05, 4.69) is 9.84 Å². The fraction of sp³-hybridized carbons (Fsp3) is 0.167. The summed E-state index contributed by atoms with van der Waals surface area (Å²) in [5.74, 6) is -1.06. The van der Waals surface area contributed by atoms with Crippen LogP contribution in [0.5, 0.6) is 5.75 Å². The number of esters is 1. The lowest BCUT2D eigenvalue weighted by atomic mass is 10.3. The Morgan fingerprint density at radius 3 is 2.40 bits per heavy atom. The van der Waals surface area contributed by atoms with Crippen molar-refractivity contribution < 1.29 is 27.8 Å². The Hall–Kier alpha value is -2.51. The first-order chi connectivity index (χ1) is 9.32. The van der Waals surface area contributed by atoms with E-state index in [0.717, 1.165) is 7.11 Å². The first-order valence-electron chi connectivity index (χ1n) is 5.38. The van der Waals surface area contributed by atoms with Gasteiger partial charge < -0.3 is 9.84 Å². The van der Waals surface area contributed by atoms with Gasteiger partial charge in [-0.05, 0) is 24.3 Å². The van der Waals surface area contributed by atoms with Crippen LogP contribution in [0.15, 0.2) is 30.3 Å². The molecule has 0 aliphatic rings. The fourth-order valence-corrected chi connectivity index (χ4v) is 1.58. The molecule has 2 aromatic rings. The van der Waals surface area contributed by atoms with Crippen LogP contribution in [-0.2, 0) is 10.9 Å². The number of carbonyl (C=O) groups excluding carboxylic acids is 1. The summed E-state index contributed by atoms with van der Waals surface area (Å²) in [6.45, 7) is 0. The molecule has 0 aliphatic carbocycles. The van der Waals surface area contributed by atoms with Crippen LogP contribution in [0, 0.1) is 0 Å². The summed E-state index contributed by atoms with van der Waals surface area (Å²) in [6, 6.07) is 5.54. The smallest absolute Gasteiger partial charge is 0.433 e. The number of phenols is 1. The maximum absolute atomic E-state index is 12.9. The number of phenolic OH excluding ortho intramolecular Hbond substituents is 1. The number of alkyl halides is 3. The number of rotatable bonds is 2. The zero-order valence-electron chi connectivity index (χ0n) is 10.2. The molecule has 0 bridgehead atoms. The molecule has 0 saturated carbocycles. The van der Waals surface area contributed by atoms with Gasteiger partial charge in [0.15, 0.2) is 5.69 Å². The number of nitrogens with zero attached hydrogens (tertiary/aromatic N) is 2. The summed E-state index contributed by atoms with van der Waals surface area (Å²) < 4.78 is 43.7. The number of ether oxygens (including phenoxy) is 1. The van der Waals surface area contributed by atoms with Gasteiger partial charge in [0.1, 0.15) is 11.4 Å². The van der Waals surface area contributed by atoms with Gasteiger partial charge in [-0.25, -0.2) is 9.48 Å². The Morgan fingerprint density at radius 2 is 1.90 bits per heavy atom. The summed E-state index contributed by atoms with van der Waals surface area (Å²) >= 11 is 0. The molecule has 5 nitrogen and oxygen atoms in total. The lowest BCUT2D eigenvalue weighted by Crippen LogP contribution is -2.13. The van der Waals surface area contributed by atoms with Crippen molar-refractivity contribution in [3.8, 4) is 11.4 Å². The van der Waals surface area contributed by atoms with Crippen molar-refractivity contribution >= 4 is 5.97 Å². The van der Waals surface area contributed by atoms with Crippen LogP contribution in [0.3, 0.4) is 0 Å². The van der Waals surface area contributed by atoms with Gasteiger partial charge in [0, 0.05) is 6.07 Å². The van der Waals surface area contributed by atoms with E-state index >= 15 is 0 Å². The second-order valence-corrected chi connectivity index (χ2v) is 3.83. The van der Waals surface area contributed by atoms with Gasteiger partial charge in [0.25, 0.3) is 0 Å². The summed E-state index contributed by atoms with van der Waals surface area (Å²) in [6.07, 6.45) is -4.68. The number of methoxy groups -OCH3 is 1. The summed E-state index contributed by atoms with van der Waals surface area (Å²) in [5.41, 5.74) is -1.50. The molecule has 0 fully saturated rings. The monoisotopic (exact) mass is 286 g/mol. The number of aromatic hydroxyl groups is 1. The molecule has 0 aliphatic heterocycles. The molecule has 0 spiro atoms. The Bertz CT molecular complexity index is 632. The molecule has 0 amide bonds. The molecule has 1 aromatic carbocycles. The maximum Gasteiger partial charge on any atom is 0.433 e. The van der Waals surface area contributed by atoms with Crippen molar-refractivity contribution in [1.29, 1.82) is 0 Å². The second kappa shape index (κ2) is 4.87. The number of benzene rings is 1. The van der Waals surface area contributed by atoms with Crippen molar-refractivity contribution in [2.24, 2.45) is 0 Å². The van der Waals surface area contributed by atoms with Gasteiger partial charge in [-0.3, -0.25) is 0 Å². The second-order valence-electron chi connectivity index (χ2n) is 3.83. The number of hydrogen-bond acceptors (Lipinski definition) is 4. The molecule has 20 heavy (non-hydrogen) atoms. The van der Waals surface area contributed by atoms with Crippen LogP contribution in [0.4, 0.5) is 13.2 Å². The average Bonchev–Trinajstić information content (AvgIpc) is 2.83. The zero-order chi connectivity index (χ0) is 14.9. The maximum atomic E-state index is 12.9. The summed E-state index contributed by atoms with van der Waals surface area (Å²) in [4.78, 5) is 11.3. The normalized spacial score (nSPS) is 11.4. The molecule has 0 atom stereocenters. The van der Waals surface area contributed by atoms with E-state index in [1.807, 2.05) is 0 Å². The number of carbonyl (C=O) groups is 1. The van der Waals surface area contributed by atoms with Crippen LogP contribution in [0.1, 0.15) is 16.2 Å². The highest BCUT2D eigenvalue weighted by molar-refractivity contribution is 5.87. The molecule has 1 heterocycles. The van der Waals surface area contributed by atoms with Gasteiger partial charge in [0.2, 0.25) is 0 Å². The zero-order valence-corrected chi connectivity index (χ0v) is 10.2. The highest BCUT2D eigenvalue weighted by atomic mass is 19.4. The van der Waals surface area contributed by atoms with E-state index in [9.17, 15) is 18.0 Å². The van der Waals surface area contributed by atoms with Crippen molar-refractivity contribution in [2.75, 3.05) is 7.11 Å². The predicted molar refractivity (Wildman–Crippen MR) is 61.6 cm³/mol. The Balaban J connectivity index is 2.58. The third kappa shape index (κ3) is 2.58. The van der Waals surface area contributed by atoms with E-state index in [1.54, 1.807) is 0 Å². The highest BCUT2D eigenvalue weighted by Crippen LogP contribution is 2.32. The number of hydrogen-bond donors (Lipinski definition) is 1. The molecule has 0 saturated heterocycles. The Morgan fingerprint density at radius 1 is 1.30 bits per heavy atom. The molecule has 1 aromatic heterocycles. The molecule has 0 unspecified atom stereocenters.